The molecule has 0 unspecified atom stereocenters. The number of hydrogen-bond acceptors (Lipinski definition) is 1. The van der Waals surface area contributed by atoms with Gasteiger partial charge in [-0.25, -0.2) is 4.98 Å². The molecule has 0 aliphatic heterocycles. The summed E-state index contributed by atoms with van der Waals surface area (Å²) in [6.45, 7) is 4.25. The third-order valence-electron chi connectivity index (χ3n) is 2.48. The van der Waals surface area contributed by atoms with Crippen LogP contribution in [0, 0.1) is 5.92 Å². The standard InChI is InChI=1S/C14H14Cl2N2.ClH/c1-10(2)7-14(18-6-5-17-9-18)12-4-3-11(15)8-13(12)16;/h3-10H,1-2H3;1H. The number of hydrogen-bond donors (Lipinski definition) is 0. The molecule has 0 atom stereocenters. The summed E-state index contributed by atoms with van der Waals surface area (Å²) < 4.78 is 1.95. The molecule has 1 heterocycles. The zero-order valence-electron chi connectivity index (χ0n) is 10.7. The molecule has 0 aliphatic carbocycles. The molecular formula is C14H15Cl3N2. The van der Waals surface area contributed by atoms with E-state index in [0.717, 1.165) is 11.3 Å². The maximum Gasteiger partial charge on any atom is 0.0991 e. The number of benzene rings is 1. The van der Waals surface area contributed by atoms with Crippen molar-refractivity contribution in [1.29, 1.82) is 0 Å². The molecule has 2 rings (SSSR count). The van der Waals surface area contributed by atoms with E-state index in [4.69, 9.17) is 23.2 Å². The predicted molar refractivity (Wildman–Crippen MR) is 84.2 cm³/mol. The predicted octanol–water partition coefficient (Wildman–Crippen LogP) is 5.16. The zero-order valence-corrected chi connectivity index (χ0v) is 13.0. The third kappa shape index (κ3) is 4.00. The maximum atomic E-state index is 6.27. The van der Waals surface area contributed by atoms with E-state index in [1.54, 1.807) is 18.6 Å². The normalized spacial score (nSPS) is 11.5. The first-order valence-corrected chi connectivity index (χ1v) is 6.49. The highest BCUT2D eigenvalue weighted by atomic mass is 35.5. The van der Waals surface area contributed by atoms with Gasteiger partial charge in [0.1, 0.15) is 0 Å². The van der Waals surface area contributed by atoms with Crippen LogP contribution in [0.3, 0.4) is 0 Å². The lowest BCUT2D eigenvalue weighted by Crippen LogP contribution is -1.99. The Morgan fingerprint density at radius 1 is 1.32 bits per heavy atom. The van der Waals surface area contributed by atoms with Crippen molar-refractivity contribution in [2.75, 3.05) is 0 Å². The summed E-state index contributed by atoms with van der Waals surface area (Å²) >= 11 is 12.2. The van der Waals surface area contributed by atoms with Gasteiger partial charge in [-0.1, -0.05) is 43.1 Å². The number of allylic oxidation sites excluding steroid dienone is 1. The Bertz CT molecular complexity index is 560. The van der Waals surface area contributed by atoms with E-state index in [1.165, 1.54) is 0 Å². The Balaban J connectivity index is 0.00000180. The molecule has 5 heteroatoms. The Hall–Kier alpha value is -0.960. The largest absolute Gasteiger partial charge is 0.306 e. The van der Waals surface area contributed by atoms with Crippen molar-refractivity contribution < 1.29 is 0 Å². The molecule has 1 aromatic carbocycles. The molecule has 0 bridgehead atoms. The van der Waals surface area contributed by atoms with Gasteiger partial charge in [-0.3, -0.25) is 0 Å². The van der Waals surface area contributed by atoms with Gasteiger partial charge in [-0.2, -0.15) is 0 Å². The number of imidazole rings is 1. The van der Waals surface area contributed by atoms with Crippen LogP contribution in [0.4, 0.5) is 0 Å². The molecule has 1 aromatic heterocycles. The highest BCUT2D eigenvalue weighted by Crippen LogP contribution is 2.28. The topological polar surface area (TPSA) is 17.8 Å². The van der Waals surface area contributed by atoms with E-state index in [2.05, 4.69) is 24.9 Å². The summed E-state index contributed by atoms with van der Waals surface area (Å²) in [7, 11) is 0. The second-order valence-electron chi connectivity index (χ2n) is 4.39. The van der Waals surface area contributed by atoms with Gasteiger partial charge in [0.2, 0.25) is 0 Å². The highest BCUT2D eigenvalue weighted by molar-refractivity contribution is 6.35. The van der Waals surface area contributed by atoms with E-state index in [0.29, 0.717) is 16.0 Å². The molecule has 0 aliphatic rings. The SMILES string of the molecule is CC(C)C=C(c1ccc(Cl)cc1Cl)n1ccnc1.Cl. The van der Waals surface area contributed by atoms with Gasteiger partial charge < -0.3 is 4.57 Å². The molecule has 0 radical (unpaired) electrons. The highest BCUT2D eigenvalue weighted by Gasteiger charge is 2.09. The zero-order chi connectivity index (χ0) is 13.1. The Morgan fingerprint density at radius 2 is 2.05 bits per heavy atom. The molecular weight excluding hydrogens is 303 g/mol. The molecule has 0 spiro atoms. The van der Waals surface area contributed by atoms with Crippen LogP contribution in [0.1, 0.15) is 19.4 Å². The summed E-state index contributed by atoms with van der Waals surface area (Å²) in [5, 5.41) is 1.28. The van der Waals surface area contributed by atoms with E-state index in [9.17, 15) is 0 Å². The van der Waals surface area contributed by atoms with Crippen LogP contribution in [0.2, 0.25) is 10.0 Å². The van der Waals surface area contributed by atoms with Crippen LogP contribution in [-0.4, -0.2) is 9.55 Å². The van der Waals surface area contributed by atoms with Crippen LogP contribution in [0.5, 0.6) is 0 Å². The quantitative estimate of drug-likeness (QED) is 0.765. The van der Waals surface area contributed by atoms with Gasteiger partial charge in [-0.05, 0) is 24.1 Å². The second-order valence-corrected chi connectivity index (χ2v) is 5.23. The molecule has 0 saturated heterocycles. The van der Waals surface area contributed by atoms with Gasteiger partial charge in [0.15, 0.2) is 0 Å². The summed E-state index contributed by atoms with van der Waals surface area (Å²) in [5.41, 5.74) is 1.97. The summed E-state index contributed by atoms with van der Waals surface area (Å²) in [4.78, 5) is 4.08. The van der Waals surface area contributed by atoms with Crippen LogP contribution < -0.4 is 0 Å². The number of aromatic nitrogens is 2. The molecule has 2 nitrogen and oxygen atoms in total. The molecule has 0 amide bonds. The molecule has 102 valence electrons. The van der Waals surface area contributed by atoms with Gasteiger partial charge in [0, 0.05) is 23.0 Å². The van der Waals surface area contributed by atoms with E-state index < -0.39 is 0 Å². The molecule has 0 saturated carbocycles. The van der Waals surface area contributed by atoms with E-state index in [1.807, 2.05) is 22.9 Å². The first kappa shape index (κ1) is 16.1. The number of rotatable bonds is 3. The Morgan fingerprint density at radius 3 is 2.58 bits per heavy atom. The molecule has 2 aromatic rings. The van der Waals surface area contributed by atoms with Crippen molar-refractivity contribution in [2.24, 2.45) is 5.92 Å². The number of halogens is 3. The maximum absolute atomic E-state index is 6.27. The fourth-order valence-electron chi connectivity index (χ4n) is 1.73. The minimum atomic E-state index is 0. The molecule has 0 N–H and O–H groups in total. The minimum absolute atomic E-state index is 0. The van der Waals surface area contributed by atoms with Crippen molar-refractivity contribution in [3.8, 4) is 0 Å². The van der Waals surface area contributed by atoms with Crippen LogP contribution >= 0.6 is 35.6 Å². The molecule has 19 heavy (non-hydrogen) atoms. The van der Waals surface area contributed by atoms with Gasteiger partial charge in [0.05, 0.1) is 17.0 Å². The lowest BCUT2D eigenvalue weighted by atomic mass is 10.1. The summed E-state index contributed by atoms with van der Waals surface area (Å²) in [6, 6.07) is 5.52. The van der Waals surface area contributed by atoms with Crippen LogP contribution in [0.15, 0.2) is 43.0 Å². The monoisotopic (exact) mass is 316 g/mol. The van der Waals surface area contributed by atoms with Gasteiger partial charge in [-0.15, -0.1) is 12.4 Å². The van der Waals surface area contributed by atoms with Crippen LogP contribution in [0.25, 0.3) is 5.70 Å². The van der Waals surface area contributed by atoms with Crippen molar-refractivity contribution in [2.45, 2.75) is 13.8 Å². The third-order valence-corrected chi connectivity index (χ3v) is 3.03. The second kappa shape index (κ2) is 6.99. The smallest absolute Gasteiger partial charge is 0.0991 e. The van der Waals surface area contributed by atoms with Crippen LogP contribution in [-0.2, 0) is 0 Å². The first-order chi connectivity index (χ1) is 8.58. The lowest BCUT2D eigenvalue weighted by Gasteiger charge is -2.12. The molecule has 0 fully saturated rings. The average Bonchev–Trinajstić information content (AvgIpc) is 2.79. The van der Waals surface area contributed by atoms with Gasteiger partial charge in [0.25, 0.3) is 0 Å². The van der Waals surface area contributed by atoms with E-state index in [-0.39, 0.29) is 12.4 Å². The lowest BCUT2D eigenvalue weighted by molar-refractivity contribution is 0.825. The first-order valence-electron chi connectivity index (χ1n) is 5.73. The van der Waals surface area contributed by atoms with Crippen molar-refractivity contribution in [1.82, 2.24) is 9.55 Å². The number of nitrogens with zero attached hydrogens (tertiary/aromatic N) is 2. The van der Waals surface area contributed by atoms with Crippen molar-refractivity contribution in [3.05, 3.63) is 58.6 Å². The van der Waals surface area contributed by atoms with Gasteiger partial charge >= 0.3 is 0 Å². The fraction of sp³-hybridized carbons (Fsp3) is 0.214. The minimum Gasteiger partial charge on any atom is -0.306 e. The fourth-order valence-corrected chi connectivity index (χ4v) is 2.23. The van der Waals surface area contributed by atoms with Crippen molar-refractivity contribution >= 4 is 41.3 Å². The Labute approximate surface area is 129 Å². The summed E-state index contributed by atoms with van der Waals surface area (Å²) in [6.07, 6.45) is 7.56. The average molecular weight is 318 g/mol. The Kier molecular flexibility index (Phi) is 5.92. The van der Waals surface area contributed by atoms with Crippen molar-refractivity contribution in [3.63, 3.8) is 0 Å². The van der Waals surface area contributed by atoms with E-state index >= 15 is 0 Å². The summed E-state index contributed by atoms with van der Waals surface area (Å²) in [5.74, 6) is 0.411.